The highest BCUT2D eigenvalue weighted by atomic mass is 35.5. The zero-order valence-corrected chi connectivity index (χ0v) is 11.4. The molecule has 100 valence electrons. The van der Waals surface area contributed by atoms with Crippen molar-refractivity contribution in [1.82, 2.24) is 5.32 Å². The third kappa shape index (κ3) is 3.06. The number of hydrogen-bond donors (Lipinski definition) is 2. The molecular formula is C13H20ClN3O. The van der Waals surface area contributed by atoms with E-state index in [2.05, 4.69) is 16.9 Å². The Kier molecular flexibility index (Phi) is 4.30. The molecule has 2 atom stereocenters. The van der Waals surface area contributed by atoms with Gasteiger partial charge in [-0.1, -0.05) is 18.2 Å². The van der Waals surface area contributed by atoms with E-state index in [4.69, 9.17) is 22.1 Å². The summed E-state index contributed by atoms with van der Waals surface area (Å²) in [5.41, 5.74) is 6.09. The van der Waals surface area contributed by atoms with Crippen LogP contribution in [-0.4, -0.2) is 24.5 Å². The Hall–Kier alpha value is -1.00. The summed E-state index contributed by atoms with van der Waals surface area (Å²) in [4.78, 5) is 4.05. The van der Waals surface area contributed by atoms with Crippen molar-refractivity contribution in [2.45, 2.75) is 50.8 Å². The maximum atomic E-state index is 5.95. The number of piperidine rings is 1. The summed E-state index contributed by atoms with van der Waals surface area (Å²) in [7, 11) is 0. The van der Waals surface area contributed by atoms with E-state index in [1.165, 1.54) is 19.2 Å². The van der Waals surface area contributed by atoms with Crippen molar-refractivity contribution in [3.8, 4) is 0 Å². The zero-order valence-electron chi connectivity index (χ0n) is 10.7. The lowest BCUT2D eigenvalue weighted by atomic mass is 10.0. The first-order valence-corrected chi connectivity index (χ1v) is 6.70. The van der Waals surface area contributed by atoms with Gasteiger partial charge in [0.25, 0.3) is 0 Å². The maximum absolute atomic E-state index is 5.95. The number of nitrogens with one attached hydrogen (secondary N) is 1. The van der Waals surface area contributed by atoms with E-state index in [0.717, 1.165) is 18.4 Å². The SMILES string of the molecule is C=C(Cl)/C(C)=C(\N=CN)OC1CC2CCC(C1)N2. The highest BCUT2D eigenvalue weighted by molar-refractivity contribution is 6.31. The lowest BCUT2D eigenvalue weighted by Crippen LogP contribution is -2.41. The Morgan fingerprint density at radius 1 is 1.44 bits per heavy atom. The summed E-state index contributed by atoms with van der Waals surface area (Å²) in [6.07, 6.45) is 5.93. The molecule has 0 aromatic rings. The smallest absolute Gasteiger partial charge is 0.219 e. The molecule has 0 saturated carbocycles. The first-order valence-electron chi connectivity index (χ1n) is 6.32. The first kappa shape index (κ1) is 13.4. The van der Waals surface area contributed by atoms with Crippen LogP contribution < -0.4 is 11.1 Å². The molecule has 2 fully saturated rings. The number of ether oxygens (including phenoxy) is 1. The summed E-state index contributed by atoms with van der Waals surface area (Å²) >= 11 is 5.89. The van der Waals surface area contributed by atoms with Gasteiger partial charge in [0.15, 0.2) is 0 Å². The van der Waals surface area contributed by atoms with E-state index in [0.29, 0.717) is 23.0 Å². The summed E-state index contributed by atoms with van der Waals surface area (Å²) in [6, 6.07) is 1.16. The van der Waals surface area contributed by atoms with Crippen molar-refractivity contribution in [2.75, 3.05) is 0 Å². The zero-order chi connectivity index (χ0) is 13.1. The molecule has 0 aromatic carbocycles. The van der Waals surface area contributed by atoms with Crippen LogP contribution in [0.4, 0.5) is 0 Å². The average Bonchev–Trinajstić information content (AvgIpc) is 2.67. The van der Waals surface area contributed by atoms with Crippen LogP contribution in [0.15, 0.2) is 28.1 Å². The summed E-state index contributed by atoms with van der Waals surface area (Å²) in [5, 5.41) is 4.01. The van der Waals surface area contributed by atoms with Gasteiger partial charge in [-0.05, 0) is 32.6 Å². The molecule has 0 aliphatic carbocycles. The maximum Gasteiger partial charge on any atom is 0.219 e. The Morgan fingerprint density at radius 3 is 2.56 bits per heavy atom. The lowest BCUT2D eigenvalue weighted by molar-refractivity contribution is 0.0686. The molecule has 2 saturated heterocycles. The molecule has 2 rings (SSSR count). The molecule has 0 aromatic heterocycles. The van der Waals surface area contributed by atoms with Crippen molar-refractivity contribution in [2.24, 2.45) is 10.7 Å². The fraction of sp³-hybridized carbons (Fsp3) is 0.615. The van der Waals surface area contributed by atoms with Crippen molar-refractivity contribution in [3.05, 3.63) is 23.1 Å². The van der Waals surface area contributed by atoms with Crippen molar-refractivity contribution in [3.63, 3.8) is 0 Å². The molecule has 0 spiro atoms. The minimum atomic E-state index is 0.188. The Balaban J connectivity index is 2.06. The van der Waals surface area contributed by atoms with Crippen molar-refractivity contribution in [1.29, 1.82) is 0 Å². The van der Waals surface area contributed by atoms with E-state index in [-0.39, 0.29) is 6.10 Å². The van der Waals surface area contributed by atoms with Gasteiger partial charge < -0.3 is 15.8 Å². The molecule has 18 heavy (non-hydrogen) atoms. The highest BCUT2D eigenvalue weighted by Crippen LogP contribution is 2.31. The number of hydrogen-bond acceptors (Lipinski definition) is 3. The van der Waals surface area contributed by atoms with Gasteiger partial charge in [0.1, 0.15) is 6.10 Å². The second-order valence-corrected chi connectivity index (χ2v) is 5.42. The lowest BCUT2D eigenvalue weighted by Gasteiger charge is -2.29. The van der Waals surface area contributed by atoms with Gasteiger partial charge in [0, 0.05) is 22.7 Å². The second-order valence-electron chi connectivity index (χ2n) is 4.96. The summed E-state index contributed by atoms with van der Waals surface area (Å²) < 4.78 is 5.95. The second kappa shape index (κ2) is 5.76. The Morgan fingerprint density at radius 2 is 2.06 bits per heavy atom. The molecule has 0 amide bonds. The van der Waals surface area contributed by atoms with Crippen LogP contribution in [0.2, 0.25) is 0 Å². The molecule has 2 heterocycles. The van der Waals surface area contributed by atoms with Crippen LogP contribution in [0.1, 0.15) is 32.6 Å². The molecule has 2 aliphatic heterocycles. The van der Waals surface area contributed by atoms with Gasteiger partial charge in [-0.2, -0.15) is 0 Å². The van der Waals surface area contributed by atoms with Gasteiger partial charge in [0.2, 0.25) is 5.88 Å². The fourth-order valence-electron chi connectivity index (χ4n) is 2.66. The average molecular weight is 270 g/mol. The first-order chi connectivity index (χ1) is 8.60. The molecule has 2 unspecified atom stereocenters. The van der Waals surface area contributed by atoms with Gasteiger partial charge >= 0.3 is 0 Å². The third-order valence-electron chi connectivity index (χ3n) is 3.63. The van der Waals surface area contributed by atoms with Crippen LogP contribution in [0.25, 0.3) is 0 Å². The molecule has 2 bridgehead atoms. The van der Waals surface area contributed by atoms with E-state index in [9.17, 15) is 0 Å². The van der Waals surface area contributed by atoms with Crippen LogP contribution in [0.5, 0.6) is 0 Å². The van der Waals surface area contributed by atoms with E-state index in [1.807, 2.05) is 6.92 Å². The monoisotopic (exact) mass is 269 g/mol. The normalized spacial score (nSPS) is 32.4. The predicted octanol–water partition coefficient (Wildman–Crippen LogP) is 2.26. The number of aliphatic imine (C=N–C) groups is 1. The molecule has 0 radical (unpaired) electrons. The van der Waals surface area contributed by atoms with Gasteiger partial charge in [0.05, 0.1) is 6.34 Å². The standard InChI is InChI=1S/C13H20ClN3O/c1-8(9(2)14)13(16-7-15)18-12-5-10-3-4-11(6-12)17-10/h7,10-12,17H,2-6H2,1H3,(H2,15,16)/b13-8+. The van der Waals surface area contributed by atoms with E-state index in [1.54, 1.807) is 0 Å². The third-order valence-corrected chi connectivity index (χ3v) is 3.91. The molecular weight excluding hydrogens is 250 g/mol. The van der Waals surface area contributed by atoms with Crippen molar-refractivity contribution < 1.29 is 4.74 Å². The number of fused-ring (bicyclic) bond motifs is 2. The molecule has 3 N–H and O–H groups in total. The van der Waals surface area contributed by atoms with Gasteiger partial charge in [-0.15, -0.1) is 0 Å². The van der Waals surface area contributed by atoms with E-state index >= 15 is 0 Å². The van der Waals surface area contributed by atoms with Crippen LogP contribution in [0.3, 0.4) is 0 Å². The van der Waals surface area contributed by atoms with Gasteiger partial charge in [-0.3, -0.25) is 0 Å². The van der Waals surface area contributed by atoms with Crippen molar-refractivity contribution >= 4 is 17.9 Å². The number of rotatable bonds is 4. The predicted molar refractivity (Wildman–Crippen MR) is 74.4 cm³/mol. The number of nitrogens with two attached hydrogens (primary N) is 1. The van der Waals surface area contributed by atoms with E-state index < -0.39 is 0 Å². The summed E-state index contributed by atoms with van der Waals surface area (Å²) in [6.45, 7) is 5.53. The number of nitrogens with zero attached hydrogens (tertiary/aromatic N) is 1. The summed E-state index contributed by atoms with van der Waals surface area (Å²) in [5.74, 6) is 0.490. The minimum Gasteiger partial charge on any atom is -0.474 e. The Labute approximate surface area is 113 Å². The highest BCUT2D eigenvalue weighted by Gasteiger charge is 2.34. The van der Waals surface area contributed by atoms with Crippen LogP contribution in [-0.2, 0) is 4.74 Å². The molecule has 2 aliphatic rings. The van der Waals surface area contributed by atoms with Gasteiger partial charge in [-0.25, -0.2) is 4.99 Å². The minimum absolute atomic E-state index is 0.188. The fourth-order valence-corrected chi connectivity index (χ4v) is 2.74. The number of halogens is 1. The van der Waals surface area contributed by atoms with Crippen LogP contribution in [0, 0.1) is 0 Å². The quantitative estimate of drug-likeness (QED) is 0.356. The topological polar surface area (TPSA) is 59.6 Å². The largest absolute Gasteiger partial charge is 0.474 e. The Bertz CT molecular complexity index is 380. The molecule has 5 heteroatoms. The molecule has 4 nitrogen and oxygen atoms in total. The van der Waals surface area contributed by atoms with Crippen LogP contribution >= 0.6 is 11.6 Å². The number of allylic oxidation sites excluding steroid dienone is 2.